The van der Waals surface area contributed by atoms with Crippen LogP contribution in [0.15, 0.2) is 36.4 Å². The summed E-state index contributed by atoms with van der Waals surface area (Å²) < 4.78 is 7.48. The fraction of sp³-hybridized carbons (Fsp3) is 0.478. The van der Waals surface area contributed by atoms with E-state index in [2.05, 4.69) is 61.7 Å². The average molecular weight is 432 g/mol. The molecular formula is C23H30BrNO2. The topological polar surface area (TPSA) is 29.3 Å². The van der Waals surface area contributed by atoms with Crippen molar-refractivity contribution in [2.75, 3.05) is 13.2 Å². The standard InChI is InChI=1S/C23H30NO2.BrH/c1-5-26-21(25)13-7-6-10-16-24-17(2)23(3,4)22-19-12-9-8-11-18(19)14-15-20(22)24;/h8-9,11-12,14-15H,5-7,10,13,16H2,1-4H3;1H/q+1;/p-1. The van der Waals surface area contributed by atoms with Crippen molar-refractivity contribution in [1.29, 1.82) is 0 Å². The van der Waals surface area contributed by atoms with Crippen LogP contribution < -0.4 is 17.0 Å². The fourth-order valence-electron chi connectivity index (χ4n) is 4.08. The summed E-state index contributed by atoms with van der Waals surface area (Å²) in [4.78, 5) is 11.5. The van der Waals surface area contributed by atoms with E-state index in [0.717, 1.165) is 25.8 Å². The Morgan fingerprint density at radius 1 is 1.07 bits per heavy atom. The first kappa shape index (κ1) is 21.6. The Balaban J connectivity index is 0.00000261. The predicted octanol–water partition coefficient (Wildman–Crippen LogP) is 2.36. The number of carbonyl (C=O) groups excluding carboxylic acids is 1. The first-order chi connectivity index (χ1) is 12.5. The van der Waals surface area contributed by atoms with Crippen molar-refractivity contribution in [2.24, 2.45) is 0 Å². The van der Waals surface area contributed by atoms with E-state index in [0.29, 0.717) is 13.0 Å². The summed E-state index contributed by atoms with van der Waals surface area (Å²) >= 11 is 0. The van der Waals surface area contributed by atoms with E-state index in [-0.39, 0.29) is 28.4 Å². The number of unbranched alkanes of at least 4 members (excludes halogenated alkanes) is 2. The minimum absolute atomic E-state index is 0. The largest absolute Gasteiger partial charge is 1.00 e. The first-order valence-corrected chi connectivity index (χ1v) is 9.76. The average Bonchev–Trinajstić information content (AvgIpc) is 2.82. The number of hydrogen-bond acceptors (Lipinski definition) is 2. The van der Waals surface area contributed by atoms with Crippen LogP contribution in [0.4, 0.5) is 5.69 Å². The predicted molar refractivity (Wildman–Crippen MR) is 108 cm³/mol. The minimum atomic E-state index is -0.0747. The van der Waals surface area contributed by atoms with Crippen molar-refractivity contribution in [3.63, 3.8) is 0 Å². The summed E-state index contributed by atoms with van der Waals surface area (Å²) in [5, 5.41) is 2.67. The number of nitrogens with zero attached hydrogens (tertiary/aromatic N) is 1. The molecule has 0 bridgehead atoms. The number of esters is 1. The zero-order valence-corrected chi connectivity index (χ0v) is 18.4. The highest BCUT2D eigenvalue weighted by Gasteiger charge is 2.43. The van der Waals surface area contributed by atoms with Crippen molar-refractivity contribution in [2.45, 2.75) is 58.8 Å². The van der Waals surface area contributed by atoms with Gasteiger partial charge >= 0.3 is 5.97 Å². The van der Waals surface area contributed by atoms with Crippen LogP contribution in [0.5, 0.6) is 0 Å². The van der Waals surface area contributed by atoms with Gasteiger partial charge in [-0.15, -0.1) is 0 Å². The summed E-state index contributed by atoms with van der Waals surface area (Å²) in [7, 11) is 0. The van der Waals surface area contributed by atoms with Gasteiger partial charge in [-0.25, -0.2) is 0 Å². The Hall–Kier alpha value is -1.68. The summed E-state index contributed by atoms with van der Waals surface area (Å²) in [6, 6.07) is 13.2. The molecule has 0 saturated heterocycles. The molecule has 1 aliphatic heterocycles. The van der Waals surface area contributed by atoms with E-state index < -0.39 is 0 Å². The molecule has 0 radical (unpaired) electrons. The molecule has 0 saturated carbocycles. The maximum absolute atomic E-state index is 11.5. The van der Waals surface area contributed by atoms with Gasteiger partial charge in [0.25, 0.3) is 0 Å². The number of ether oxygens (including phenoxy) is 1. The number of halogens is 1. The van der Waals surface area contributed by atoms with Crippen LogP contribution in [0.3, 0.4) is 0 Å². The summed E-state index contributed by atoms with van der Waals surface area (Å²) in [6.07, 6.45) is 3.56. The molecule has 0 aliphatic carbocycles. The Labute approximate surface area is 173 Å². The molecule has 1 aliphatic rings. The molecule has 1 heterocycles. The van der Waals surface area contributed by atoms with Gasteiger partial charge in [0.05, 0.1) is 12.0 Å². The third kappa shape index (κ3) is 4.26. The zero-order valence-electron chi connectivity index (χ0n) is 16.8. The van der Waals surface area contributed by atoms with Gasteiger partial charge in [-0.2, -0.15) is 4.58 Å². The Bertz CT molecular complexity index is 855. The molecule has 3 rings (SSSR count). The second-order valence-electron chi connectivity index (χ2n) is 7.66. The first-order valence-electron chi connectivity index (χ1n) is 9.76. The molecule has 2 aromatic carbocycles. The van der Waals surface area contributed by atoms with Gasteiger partial charge in [0.2, 0.25) is 5.69 Å². The van der Waals surface area contributed by atoms with Gasteiger partial charge in [-0.3, -0.25) is 4.79 Å². The summed E-state index contributed by atoms with van der Waals surface area (Å²) in [5.74, 6) is -0.0747. The molecule has 146 valence electrons. The van der Waals surface area contributed by atoms with Crippen LogP contribution in [-0.2, 0) is 14.9 Å². The zero-order chi connectivity index (χ0) is 18.7. The molecule has 0 aromatic heterocycles. The summed E-state index contributed by atoms with van der Waals surface area (Å²) in [5.41, 5.74) is 4.24. The molecule has 4 heteroatoms. The lowest BCUT2D eigenvalue weighted by atomic mass is 9.80. The number of benzene rings is 2. The number of carbonyl (C=O) groups is 1. The maximum atomic E-state index is 11.5. The van der Waals surface area contributed by atoms with Gasteiger partial charge in [0, 0.05) is 31.4 Å². The molecule has 0 unspecified atom stereocenters. The van der Waals surface area contributed by atoms with Crippen molar-refractivity contribution in [3.05, 3.63) is 42.0 Å². The van der Waals surface area contributed by atoms with E-state index in [1.807, 2.05) is 6.92 Å². The molecule has 0 spiro atoms. The molecule has 0 atom stereocenters. The number of hydrogen-bond donors (Lipinski definition) is 0. The lowest BCUT2D eigenvalue weighted by Gasteiger charge is -2.17. The Kier molecular flexibility index (Phi) is 7.21. The van der Waals surface area contributed by atoms with Crippen molar-refractivity contribution in [1.82, 2.24) is 0 Å². The van der Waals surface area contributed by atoms with E-state index in [9.17, 15) is 4.79 Å². The highest BCUT2D eigenvalue weighted by molar-refractivity contribution is 6.01. The van der Waals surface area contributed by atoms with E-state index >= 15 is 0 Å². The third-order valence-electron chi connectivity index (χ3n) is 5.70. The molecule has 3 nitrogen and oxygen atoms in total. The molecule has 27 heavy (non-hydrogen) atoms. The van der Waals surface area contributed by atoms with Crippen LogP contribution in [0.25, 0.3) is 10.8 Å². The van der Waals surface area contributed by atoms with E-state index in [1.165, 1.54) is 27.7 Å². The fourth-order valence-corrected chi connectivity index (χ4v) is 4.08. The van der Waals surface area contributed by atoms with Gasteiger partial charge in [-0.05, 0) is 50.5 Å². The number of fused-ring (bicyclic) bond motifs is 3. The van der Waals surface area contributed by atoms with Gasteiger partial charge in [-0.1, -0.05) is 24.3 Å². The van der Waals surface area contributed by atoms with Crippen molar-refractivity contribution in [3.8, 4) is 0 Å². The van der Waals surface area contributed by atoms with Gasteiger partial charge in [0.1, 0.15) is 6.54 Å². The lowest BCUT2D eigenvalue weighted by molar-refractivity contribution is -0.439. The minimum Gasteiger partial charge on any atom is -1.00 e. The van der Waals surface area contributed by atoms with Crippen LogP contribution >= 0.6 is 0 Å². The second-order valence-corrected chi connectivity index (χ2v) is 7.66. The maximum Gasteiger partial charge on any atom is 0.305 e. The molecule has 2 aromatic rings. The van der Waals surface area contributed by atoms with Crippen LogP contribution in [0, 0.1) is 0 Å². The highest BCUT2D eigenvalue weighted by Crippen LogP contribution is 2.43. The number of rotatable bonds is 7. The van der Waals surface area contributed by atoms with Gasteiger partial charge < -0.3 is 21.7 Å². The quantitative estimate of drug-likeness (QED) is 0.382. The SMILES string of the molecule is CCOC(=O)CCCCC[N+]1=C(C)C(C)(C)c2c1ccc1ccccc21.[Br-]. The van der Waals surface area contributed by atoms with Crippen LogP contribution in [-0.4, -0.2) is 29.4 Å². The molecule has 0 fully saturated rings. The van der Waals surface area contributed by atoms with Crippen molar-refractivity contribution < 1.29 is 31.1 Å². The Morgan fingerprint density at radius 3 is 2.56 bits per heavy atom. The monoisotopic (exact) mass is 431 g/mol. The normalized spacial score (nSPS) is 14.8. The van der Waals surface area contributed by atoms with Gasteiger partial charge in [0.15, 0.2) is 5.71 Å². The third-order valence-corrected chi connectivity index (χ3v) is 5.70. The van der Waals surface area contributed by atoms with Crippen molar-refractivity contribution >= 4 is 28.1 Å². The van der Waals surface area contributed by atoms with Crippen LogP contribution in [0.2, 0.25) is 0 Å². The lowest BCUT2D eigenvalue weighted by Crippen LogP contribution is -3.00. The summed E-state index contributed by atoms with van der Waals surface area (Å²) in [6.45, 7) is 10.2. The van der Waals surface area contributed by atoms with Crippen LogP contribution in [0.1, 0.15) is 58.9 Å². The highest BCUT2D eigenvalue weighted by atomic mass is 79.9. The molecule has 0 amide bonds. The molecular weight excluding hydrogens is 402 g/mol. The van der Waals surface area contributed by atoms with E-state index in [4.69, 9.17) is 4.74 Å². The second kappa shape index (κ2) is 9.01. The Morgan fingerprint density at radius 2 is 1.81 bits per heavy atom. The van der Waals surface area contributed by atoms with E-state index in [1.54, 1.807) is 0 Å². The molecule has 0 N–H and O–H groups in total. The smallest absolute Gasteiger partial charge is 0.305 e.